The highest BCUT2D eigenvalue weighted by Crippen LogP contribution is 2.38. The van der Waals surface area contributed by atoms with Gasteiger partial charge < -0.3 is 5.32 Å². The molecule has 0 radical (unpaired) electrons. The fraction of sp³-hybridized carbons (Fsp3) is 0.458. The van der Waals surface area contributed by atoms with Gasteiger partial charge in [0.1, 0.15) is 6.54 Å². The summed E-state index contributed by atoms with van der Waals surface area (Å²) < 4.78 is 67.8. The standard InChI is InChI=1S/C24H30ClF3N2O3S/c1-4-6-7-18(5-2)15-29-23(31)16-30(34(32,33)20-11-8-17(3)9-12-20)19-10-13-22(25)21(14-19)24(26,27)28/h8-14,18H,4-7,15-16H2,1-3H3,(H,29,31)/t18-/m0/s1. The van der Waals surface area contributed by atoms with E-state index in [-0.39, 0.29) is 16.5 Å². The highest BCUT2D eigenvalue weighted by Gasteiger charge is 2.35. The van der Waals surface area contributed by atoms with Gasteiger partial charge >= 0.3 is 6.18 Å². The van der Waals surface area contributed by atoms with Crippen molar-refractivity contribution < 1.29 is 26.4 Å². The zero-order chi connectivity index (χ0) is 25.5. The van der Waals surface area contributed by atoms with Crippen molar-refractivity contribution in [1.82, 2.24) is 5.32 Å². The number of halogens is 4. The summed E-state index contributed by atoms with van der Waals surface area (Å²) >= 11 is 5.71. The average molecular weight is 519 g/mol. The Kier molecular flexibility index (Phi) is 9.82. The van der Waals surface area contributed by atoms with Crippen molar-refractivity contribution in [3.8, 4) is 0 Å². The second-order valence-corrected chi connectivity index (χ2v) is 10.5. The molecule has 1 atom stereocenters. The summed E-state index contributed by atoms with van der Waals surface area (Å²) in [7, 11) is -4.34. The van der Waals surface area contributed by atoms with Crippen molar-refractivity contribution in [2.24, 2.45) is 5.92 Å². The first-order valence-electron chi connectivity index (χ1n) is 11.1. The van der Waals surface area contributed by atoms with Crippen LogP contribution in [0.2, 0.25) is 5.02 Å². The summed E-state index contributed by atoms with van der Waals surface area (Å²) in [6.45, 7) is 5.55. The normalized spacial score (nSPS) is 12.9. The maximum atomic E-state index is 13.4. The first-order chi connectivity index (χ1) is 15.9. The number of carbonyl (C=O) groups excluding carboxylic acids is 1. The third-order valence-corrected chi connectivity index (χ3v) is 7.69. The van der Waals surface area contributed by atoms with E-state index in [0.29, 0.717) is 16.9 Å². The Hall–Kier alpha value is -2.26. The van der Waals surface area contributed by atoms with E-state index in [1.807, 2.05) is 6.92 Å². The second kappa shape index (κ2) is 11.9. The molecular formula is C24H30ClF3N2O3S. The molecule has 0 saturated heterocycles. The molecule has 188 valence electrons. The van der Waals surface area contributed by atoms with Crippen molar-refractivity contribution in [2.45, 2.75) is 57.5 Å². The lowest BCUT2D eigenvalue weighted by molar-refractivity contribution is -0.137. The SMILES string of the molecule is CCCC[C@H](CC)CNC(=O)CN(c1ccc(Cl)c(C(F)(F)F)c1)S(=O)(=O)c1ccc(C)cc1. The number of rotatable bonds is 11. The number of hydrogen-bond donors (Lipinski definition) is 1. The fourth-order valence-corrected chi connectivity index (χ4v) is 5.06. The average Bonchev–Trinajstić information content (AvgIpc) is 2.77. The van der Waals surface area contributed by atoms with Crippen molar-refractivity contribution >= 4 is 33.2 Å². The molecule has 34 heavy (non-hydrogen) atoms. The molecule has 0 fully saturated rings. The van der Waals surface area contributed by atoms with E-state index in [4.69, 9.17) is 11.6 Å². The predicted octanol–water partition coefficient (Wildman–Crippen LogP) is 6.20. The van der Waals surface area contributed by atoms with E-state index in [1.165, 1.54) is 12.1 Å². The van der Waals surface area contributed by atoms with Crippen molar-refractivity contribution in [2.75, 3.05) is 17.4 Å². The molecule has 0 saturated carbocycles. The van der Waals surface area contributed by atoms with Gasteiger partial charge in [0.05, 0.1) is 21.2 Å². The van der Waals surface area contributed by atoms with Crippen LogP contribution in [0.5, 0.6) is 0 Å². The molecule has 10 heteroatoms. The van der Waals surface area contributed by atoms with E-state index in [1.54, 1.807) is 19.1 Å². The van der Waals surface area contributed by atoms with Gasteiger partial charge in [-0.3, -0.25) is 9.10 Å². The quantitative estimate of drug-likeness (QED) is 0.385. The Morgan fingerprint density at radius 3 is 2.32 bits per heavy atom. The molecule has 2 rings (SSSR count). The van der Waals surface area contributed by atoms with Crippen LogP contribution in [0.15, 0.2) is 47.4 Å². The summed E-state index contributed by atoms with van der Waals surface area (Å²) in [6, 6.07) is 8.65. The number of carbonyl (C=O) groups is 1. The molecule has 2 aromatic rings. The molecule has 1 amide bonds. The van der Waals surface area contributed by atoms with Gasteiger partial charge in [0, 0.05) is 6.54 Å². The third kappa shape index (κ3) is 7.37. The van der Waals surface area contributed by atoms with Crippen LogP contribution in [0.3, 0.4) is 0 Å². The maximum absolute atomic E-state index is 13.4. The van der Waals surface area contributed by atoms with E-state index in [0.717, 1.165) is 43.4 Å². The third-order valence-electron chi connectivity index (χ3n) is 5.57. The van der Waals surface area contributed by atoms with Crippen LogP contribution >= 0.6 is 11.6 Å². The van der Waals surface area contributed by atoms with Gasteiger partial charge in [-0.2, -0.15) is 13.2 Å². The highest BCUT2D eigenvalue weighted by molar-refractivity contribution is 7.92. The molecule has 0 unspecified atom stereocenters. The van der Waals surface area contributed by atoms with Crippen LogP contribution in [0.25, 0.3) is 0 Å². The lowest BCUT2D eigenvalue weighted by atomic mass is 9.99. The minimum Gasteiger partial charge on any atom is -0.354 e. The van der Waals surface area contributed by atoms with Crippen LogP contribution < -0.4 is 9.62 Å². The number of unbranched alkanes of at least 4 members (excludes halogenated alkanes) is 1. The first-order valence-corrected chi connectivity index (χ1v) is 12.9. The smallest absolute Gasteiger partial charge is 0.354 e. The summed E-state index contributed by atoms with van der Waals surface area (Å²) in [5.74, 6) is -0.368. The van der Waals surface area contributed by atoms with Crippen LogP contribution in [0.1, 0.15) is 50.7 Å². The van der Waals surface area contributed by atoms with Gasteiger partial charge in [-0.15, -0.1) is 0 Å². The van der Waals surface area contributed by atoms with Crippen LogP contribution in [-0.4, -0.2) is 27.4 Å². The van der Waals surface area contributed by atoms with Gasteiger partial charge in [-0.25, -0.2) is 8.42 Å². The summed E-state index contributed by atoms with van der Waals surface area (Å²) in [6.07, 6.45) is -0.997. The molecule has 0 aromatic heterocycles. The van der Waals surface area contributed by atoms with Gasteiger partial charge in [-0.05, 0) is 49.6 Å². The molecular weight excluding hydrogens is 489 g/mol. The minimum atomic E-state index is -4.79. The lowest BCUT2D eigenvalue weighted by Crippen LogP contribution is -2.42. The molecule has 0 heterocycles. The predicted molar refractivity (Wildman–Crippen MR) is 128 cm³/mol. The van der Waals surface area contributed by atoms with E-state index in [9.17, 15) is 26.4 Å². The lowest BCUT2D eigenvalue weighted by Gasteiger charge is -2.26. The van der Waals surface area contributed by atoms with Gasteiger partial charge in [0.25, 0.3) is 10.0 Å². The van der Waals surface area contributed by atoms with Crippen molar-refractivity contribution in [3.05, 3.63) is 58.6 Å². The van der Waals surface area contributed by atoms with Crippen LogP contribution in [0.4, 0.5) is 18.9 Å². The van der Waals surface area contributed by atoms with E-state index < -0.39 is 39.2 Å². The zero-order valence-electron chi connectivity index (χ0n) is 19.5. The molecule has 0 aliphatic carbocycles. The number of amides is 1. The first kappa shape index (κ1) is 28.0. The summed E-state index contributed by atoms with van der Waals surface area (Å²) in [4.78, 5) is 12.6. The molecule has 5 nitrogen and oxygen atoms in total. The minimum absolute atomic E-state index is 0.135. The maximum Gasteiger partial charge on any atom is 0.417 e. The highest BCUT2D eigenvalue weighted by atomic mass is 35.5. The fourth-order valence-electron chi connectivity index (χ4n) is 3.43. The van der Waals surface area contributed by atoms with Crippen molar-refractivity contribution in [3.63, 3.8) is 0 Å². The number of aryl methyl sites for hydroxylation is 1. The molecule has 0 bridgehead atoms. The number of nitrogens with one attached hydrogen (secondary N) is 1. The molecule has 2 aromatic carbocycles. The Morgan fingerprint density at radius 1 is 1.12 bits per heavy atom. The summed E-state index contributed by atoms with van der Waals surface area (Å²) in [5, 5.41) is 2.18. The van der Waals surface area contributed by atoms with Crippen molar-refractivity contribution in [1.29, 1.82) is 0 Å². The number of benzene rings is 2. The number of hydrogen-bond acceptors (Lipinski definition) is 3. The Balaban J connectivity index is 2.41. The monoisotopic (exact) mass is 518 g/mol. The number of sulfonamides is 1. The van der Waals surface area contributed by atoms with Gasteiger partial charge in [-0.1, -0.05) is 62.4 Å². The van der Waals surface area contributed by atoms with E-state index >= 15 is 0 Å². The number of alkyl halides is 3. The second-order valence-electron chi connectivity index (χ2n) is 8.21. The Morgan fingerprint density at radius 2 is 1.76 bits per heavy atom. The molecule has 1 N–H and O–H groups in total. The zero-order valence-corrected chi connectivity index (χ0v) is 21.0. The van der Waals surface area contributed by atoms with Crippen LogP contribution in [0, 0.1) is 12.8 Å². The van der Waals surface area contributed by atoms with E-state index in [2.05, 4.69) is 12.2 Å². The molecule has 0 spiro atoms. The summed E-state index contributed by atoms with van der Waals surface area (Å²) in [5.41, 5.74) is -0.668. The molecule has 0 aliphatic rings. The van der Waals surface area contributed by atoms with Gasteiger partial charge in [0.15, 0.2) is 0 Å². The number of nitrogens with zero attached hydrogens (tertiary/aromatic N) is 1. The Labute approximate surface area is 204 Å². The molecule has 0 aliphatic heterocycles. The van der Waals surface area contributed by atoms with Gasteiger partial charge in [0.2, 0.25) is 5.91 Å². The largest absolute Gasteiger partial charge is 0.417 e. The topological polar surface area (TPSA) is 66.5 Å². The van der Waals surface area contributed by atoms with Crippen LogP contribution in [-0.2, 0) is 21.0 Å². The number of anilines is 1. The Bertz CT molecular complexity index is 1070.